The summed E-state index contributed by atoms with van der Waals surface area (Å²) in [7, 11) is 0. The normalized spacial score (nSPS) is 23.3. The van der Waals surface area contributed by atoms with Crippen LogP contribution in [-0.4, -0.2) is 10.7 Å². The van der Waals surface area contributed by atoms with Crippen molar-refractivity contribution in [2.45, 2.75) is 30.3 Å². The number of thioether (sulfide) groups is 1. The molecule has 4 heteroatoms. The van der Waals surface area contributed by atoms with Crippen LogP contribution in [0.25, 0.3) is 10.9 Å². The minimum absolute atomic E-state index is 0.116. The van der Waals surface area contributed by atoms with Crippen molar-refractivity contribution >= 4 is 44.3 Å². The number of rotatable bonds is 0. The van der Waals surface area contributed by atoms with Gasteiger partial charge in [-0.3, -0.25) is 0 Å². The quantitative estimate of drug-likeness (QED) is 0.479. The van der Waals surface area contributed by atoms with Crippen LogP contribution in [0.4, 0.5) is 5.69 Å². The summed E-state index contributed by atoms with van der Waals surface area (Å²) in [4.78, 5) is 4.94. The van der Waals surface area contributed by atoms with E-state index < -0.39 is 0 Å². The predicted octanol–water partition coefficient (Wildman–Crippen LogP) is 6.16. The zero-order valence-electron chi connectivity index (χ0n) is 14.2. The molecular formula is C21H19BrN2S. The summed E-state index contributed by atoms with van der Waals surface area (Å²) in [6, 6.07) is 17.7. The van der Waals surface area contributed by atoms with E-state index in [1.54, 1.807) is 0 Å². The monoisotopic (exact) mass is 410 g/mol. The number of nitrogens with zero attached hydrogens (tertiary/aromatic N) is 1. The maximum absolute atomic E-state index is 4.94. The highest BCUT2D eigenvalue weighted by atomic mass is 79.9. The van der Waals surface area contributed by atoms with Gasteiger partial charge in [0.15, 0.2) is 0 Å². The summed E-state index contributed by atoms with van der Waals surface area (Å²) >= 11 is 5.55. The SMILES string of the molecule is CC1(C)c2cc(Br)ccc2N[C@H]2c3cc4ccccc4nc3SC[C@H]21. The molecule has 0 spiro atoms. The van der Waals surface area contributed by atoms with E-state index in [-0.39, 0.29) is 5.41 Å². The molecule has 0 aliphatic carbocycles. The number of para-hydroxylation sites is 1. The minimum atomic E-state index is 0.116. The first kappa shape index (κ1) is 15.7. The highest BCUT2D eigenvalue weighted by Gasteiger charge is 2.46. The summed E-state index contributed by atoms with van der Waals surface area (Å²) in [5.41, 5.74) is 5.21. The summed E-state index contributed by atoms with van der Waals surface area (Å²) in [6.45, 7) is 4.77. The van der Waals surface area contributed by atoms with Gasteiger partial charge >= 0.3 is 0 Å². The molecule has 0 unspecified atom stereocenters. The molecular weight excluding hydrogens is 392 g/mol. The standard InChI is InChI=1S/C21H19BrN2S/c1-21(2)15-10-13(22)7-8-18(15)23-19-14-9-12-5-3-4-6-17(12)24-20(14)25-11-16(19)21/h3-10,16,19,23H,11H2,1-2H3/t16-,19+/m1/s1. The Hall–Kier alpha value is -1.52. The van der Waals surface area contributed by atoms with Gasteiger partial charge in [-0.1, -0.05) is 48.0 Å². The van der Waals surface area contributed by atoms with E-state index in [1.807, 2.05) is 11.8 Å². The maximum atomic E-state index is 4.94. The van der Waals surface area contributed by atoms with Gasteiger partial charge in [-0.2, -0.15) is 0 Å². The molecule has 3 heterocycles. The highest BCUT2D eigenvalue weighted by molar-refractivity contribution is 9.10. The van der Waals surface area contributed by atoms with E-state index in [9.17, 15) is 0 Å². The Bertz CT molecular complexity index is 998. The fourth-order valence-electron chi connectivity index (χ4n) is 4.28. The third-order valence-corrected chi connectivity index (χ3v) is 7.39. The minimum Gasteiger partial charge on any atom is -0.378 e. The lowest BCUT2D eigenvalue weighted by molar-refractivity contribution is 0.292. The zero-order chi connectivity index (χ0) is 17.2. The summed E-state index contributed by atoms with van der Waals surface area (Å²) in [5.74, 6) is 1.63. The predicted molar refractivity (Wildman–Crippen MR) is 109 cm³/mol. The molecule has 0 saturated heterocycles. The van der Waals surface area contributed by atoms with E-state index in [0.29, 0.717) is 12.0 Å². The molecule has 2 atom stereocenters. The average Bonchev–Trinajstić information content (AvgIpc) is 2.61. The molecule has 0 fully saturated rings. The summed E-state index contributed by atoms with van der Waals surface area (Å²) < 4.78 is 1.15. The maximum Gasteiger partial charge on any atom is 0.102 e. The summed E-state index contributed by atoms with van der Waals surface area (Å²) in [5, 5.41) is 6.24. The van der Waals surface area contributed by atoms with Gasteiger partial charge < -0.3 is 5.32 Å². The van der Waals surface area contributed by atoms with Crippen LogP contribution >= 0.6 is 27.7 Å². The van der Waals surface area contributed by atoms with Gasteiger partial charge in [0, 0.05) is 32.8 Å². The van der Waals surface area contributed by atoms with Crippen molar-refractivity contribution in [1.29, 1.82) is 0 Å². The second-order valence-electron chi connectivity index (χ2n) is 7.53. The number of pyridine rings is 1. The van der Waals surface area contributed by atoms with Gasteiger partial charge in [-0.15, -0.1) is 11.8 Å². The molecule has 0 saturated carbocycles. The van der Waals surface area contributed by atoms with Crippen LogP contribution in [0.2, 0.25) is 0 Å². The third kappa shape index (κ3) is 2.34. The first-order valence-electron chi connectivity index (χ1n) is 8.63. The number of anilines is 1. The first-order chi connectivity index (χ1) is 12.0. The number of benzene rings is 2. The molecule has 1 N–H and O–H groups in total. The van der Waals surface area contributed by atoms with E-state index in [0.717, 1.165) is 15.7 Å². The molecule has 2 aliphatic heterocycles. The van der Waals surface area contributed by atoms with E-state index in [1.165, 1.54) is 27.2 Å². The zero-order valence-corrected chi connectivity index (χ0v) is 16.6. The van der Waals surface area contributed by atoms with Crippen molar-refractivity contribution in [1.82, 2.24) is 4.98 Å². The lowest BCUT2D eigenvalue weighted by Crippen LogP contribution is -2.44. The third-order valence-electron chi connectivity index (χ3n) is 5.77. The van der Waals surface area contributed by atoms with Gasteiger partial charge in [-0.05, 0) is 41.3 Å². The lowest BCUT2D eigenvalue weighted by atomic mass is 9.66. The number of hydrogen-bond donors (Lipinski definition) is 1. The number of fused-ring (bicyclic) bond motifs is 5. The Balaban J connectivity index is 1.69. The van der Waals surface area contributed by atoms with Gasteiger partial charge in [0.25, 0.3) is 0 Å². The number of aromatic nitrogens is 1. The van der Waals surface area contributed by atoms with E-state index in [2.05, 4.69) is 83.6 Å². The van der Waals surface area contributed by atoms with E-state index in [4.69, 9.17) is 4.98 Å². The van der Waals surface area contributed by atoms with Crippen LogP contribution in [0, 0.1) is 5.92 Å². The van der Waals surface area contributed by atoms with Crippen molar-refractivity contribution in [2.75, 3.05) is 11.1 Å². The van der Waals surface area contributed by atoms with Crippen molar-refractivity contribution in [2.24, 2.45) is 5.92 Å². The fourth-order valence-corrected chi connectivity index (χ4v) is 6.10. The first-order valence-corrected chi connectivity index (χ1v) is 10.4. The average molecular weight is 411 g/mol. The van der Waals surface area contributed by atoms with Crippen LogP contribution in [0.15, 0.2) is 58.0 Å². The van der Waals surface area contributed by atoms with Crippen molar-refractivity contribution in [3.8, 4) is 0 Å². The van der Waals surface area contributed by atoms with Gasteiger partial charge in [0.05, 0.1) is 11.6 Å². The van der Waals surface area contributed by atoms with Crippen LogP contribution in [-0.2, 0) is 5.41 Å². The molecule has 0 bridgehead atoms. The molecule has 2 aromatic carbocycles. The Morgan fingerprint density at radius 3 is 2.88 bits per heavy atom. The number of hydrogen-bond acceptors (Lipinski definition) is 3. The van der Waals surface area contributed by atoms with Crippen LogP contribution in [0.3, 0.4) is 0 Å². The van der Waals surface area contributed by atoms with Gasteiger partial charge in [-0.25, -0.2) is 4.98 Å². The fraction of sp³-hybridized carbons (Fsp3) is 0.286. The molecule has 0 radical (unpaired) electrons. The molecule has 126 valence electrons. The number of nitrogens with one attached hydrogen (secondary N) is 1. The second-order valence-corrected chi connectivity index (χ2v) is 9.45. The molecule has 2 nitrogen and oxygen atoms in total. The molecule has 2 aliphatic rings. The van der Waals surface area contributed by atoms with Gasteiger partial charge in [0.1, 0.15) is 5.03 Å². The Kier molecular flexibility index (Phi) is 3.45. The van der Waals surface area contributed by atoms with Crippen molar-refractivity contribution < 1.29 is 0 Å². The highest BCUT2D eigenvalue weighted by Crippen LogP contribution is 2.54. The van der Waals surface area contributed by atoms with E-state index >= 15 is 0 Å². The van der Waals surface area contributed by atoms with Gasteiger partial charge in [0.2, 0.25) is 0 Å². The topological polar surface area (TPSA) is 24.9 Å². The molecule has 3 aromatic rings. The number of halogens is 1. The van der Waals surface area contributed by atoms with Crippen LogP contribution < -0.4 is 5.32 Å². The Labute approximate surface area is 160 Å². The second kappa shape index (κ2) is 5.49. The molecule has 1 aromatic heterocycles. The molecule has 5 rings (SSSR count). The summed E-state index contributed by atoms with van der Waals surface area (Å²) in [6.07, 6.45) is 0. The largest absolute Gasteiger partial charge is 0.378 e. The molecule has 25 heavy (non-hydrogen) atoms. The van der Waals surface area contributed by atoms with Crippen molar-refractivity contribution in [3.05, 3.63) is 64.1 Å². The Morgan fingerprint density at radius 1 is 1.16 bits per heavy atom. The Morgan fingerprint density at radius 2 is 2.00 bits per heavy atom. The lowest BCUT2D eigenvalue weighted by Gasteiger charge is -2.48. The van der Waals surface area contributed by atoms with Crippen molar-refractivity contribution in [3.63, 3.8) is 0 Å². The van der Waals surface area contributed by atoms with Crippen LogP contribution in [0.1, 0.15) is 31.0 Å². The molecule has 0 amide bonds. The smallest absolute Gasteiger partial charge is 0.102 e. The van der Waals surface area contributed by atoms with Crippen LogP contribution in [0.5, 0.6) is 0 Å².